The van der Waals surface area contributed by atoms with Crippen LogP contribution < -0.4 is 10.1 Å². The zero-order chi connectivity index (χ0) is 13.8. The van der Waals surface area contributed by atoms with Gasteiger partial charge in [-0.1, -0.05) is 35.9 Å². The maximum atomic E-state index is 6.17. The molecule has 1 atom stereocenters. The lowest BCUT2D eigenvalue weighted by Crippen LogP contribution is -2.12. The number of halogens is 1. The second-order valence-electron chi connectivity index (χ2n) is 4.49. The first kappa shape index (κ1) is 13.9. The SMILES string of the molecule is CNC(C)c1cccc(-c2ccc(OC)c(Cl)c2)c1. The Balaban J connectivity index is 2.39. The van der Waals surface area contributed by atoms with Crippen molar-refractivity contribution in [2.24, 2.45) is 0 Å². The lowest BCUT2D eigenvalue weighted by atomic mass is 10.00. The molecule has 0 aliphatic rings. The normalized spacial score (nSPS) is 12.2. The molecule has 0 amide bonds. The van der Waals surface area contributed by atoms with Crippen molar-refractivity contribution in [1.82, 2.24) is 5.32 Å². The fourth-order valence-corrected chi connectivity index (χ4v) is 2.26. The smallest absolute Gasteiger partial charge is 0.137 e. The summed E-state index contributed by atoms with van der Waals surface area (Å²) in [5, 5.41) is 3.88. The molecule has 100 valence electrons. The molecule has 0 aromatic heterocycles. The van der Waals surface area contributed by atoms with E-state index in [-0.39, 0.29) is 0 Å². The highest BCUT2D eigenvalue weighted by atomic mass is 35.5. The Hall–Kier alpha value is -1.51. The molecule has 0 bridgehead atoms. The summed E-state index contributed by atoms with van der Waals surface area (Å²) >= 11 is 6.17. The molecular formula is C16H18ClNO. The van der Waals surface area contributed by atoms with Crippen molar-refractivity contribution in [3.63, 3.8) is 0 Å². The van der Waals surface area contributed by atoms with Gasteiger partial charge in [0.25, 0.3) is 0 Å². The predicted molar refractivity (Wildman–Crippen MR) is 80.9 cm³/mol. The summed E-state index contributed by atoms with van der Waals surface area (Å²) < 4.78 is 5.17. The standard InChI is InChI=1S/C16H18ClNO/c1-11(18-2)12-5-4-6-13(9-12)14-7-8-16(19-3)15(17)10-14/h4-11,18H,1-3H3. The average molecular weight is 276 g/mol. The molecule has 2 aromatic carbocycles. The van der Waals surface area contributed by atoms with Gasteiger partial charge in [-0.3, -0.25) is 0 Å². The van der Waals surface area contributed by atoms with Crippen LogP contribution in [-0.2, 0) is 0 Å². The molecular weight excluding hydrogens is 258 g/mol. The first-order valence-corrected chi connectivity index (χ1v) is 6.64. The molecule has 2 aromatic rings. The molecule has 3 heteroatoms. The minimum absolute atomic E-state index is 0.327. The fourth-order valence-electron chi connectivity index (χ4n) is 2.00. The van der Waals surface area contributed by atoms with Gasteiger partial charge in [0.1, 0.15) is 5.75 Å². The quantitative estimate of drug-likeness (QED) is 0.898. The summed E-state index contributed by atoms with van der Waals surface area (Å²) in [4.78, 5) is 0. The van der Waals surface area contributed by atoms with Crippen LogP contribution in [-0.4, -0.2) is 14.2 Å². The molecule has 0 saturated carbocycles. The van der Waals surface area contributed by atoms with E-state index in [1.165, 1.54) is 5.56 Å². The number of rotatable bonds is 4. The van der Waals surface area contributed by atoms with E-state index in [0.29, 0.717) is 16.8 Å². The maximum absolute atomic E-state index is 6.17. The molecule has 0 aliphatic heterocycles. The van der Waals surface area contributed by atoms with E-state index < -0.39 is 0 Å². The van der Waals surface area contributed by atoms with Gasteiger partial charge in [0.2, 0.25) is 0 Å². The molecule has 0 heterocycles. The van der Waals surface area contributed by atoms with E-state index in [0.717, 1.165) is 11.1 Å². The van der Waals surface area contributed by atoms with Gasteiger partial charge >= 0.3 is 0 Å². The molecule has 0 saturated heterocycles. The van der Waals surface area contributed by atoms with Gasteiger partial charge in [0.05, 0.1) is 12.1 Å². The lowest BCUT2D eigenvalue weighted by molar-refractivity contribution is 0.415. The van der Waals surface area contributed by atoms with Gasteiger partial charge in [-0.15, -0.1) is 0 Å². The van der Waals surface area contributed by atoms with Gasteiger partial charge < -0.3 is 10.1 Å². The summed E-state index contributed by atoms with van der Waals surface area (Å²) in [5.41, 5.74) is 3.51. The monoisotopic (exact) mass is 275 g/mol. The Kier molecular flexibility index (Phi) is 4.46. The van der Waals surface area contributed by atoms with Crippen LogP contribution in [0, 0.1) is 0 Å². The van der Waals surface area contributed by atoms with Gasteiger partial charge in [0.15, 0.2) is 0 Å². The highest BCUT2D eigenvalue weighted by Crippen LogP contribution is 2.31. The molecule has 0 fully saturated rings. The van der Waals surface area contributed by atoms with Gasteiger partial charge in [-0.2, -0.15) is 0 Å². The number of hydrogen-bond donors (Lipinski definition) is 1. The Morgan fingerprint density at radius 3 is 2.47 bits per heavy atom. The van der Waals surface area contributed by atoms with Crippen molar-refractivity contribution < 1.29 is 4.74 Å². The fraction of sp³-hybridized carbons (Fsp3) is 0.250. The van der Waals surface area contributed by atoms with E-state index in [2.05, 4.69) is 36.5 Å². The number of benzene rings is 2. The summed E-state index contributed by atoms with van der Waals surface area (Å²) in [6.45, 7) is 2.14. The molecule has 2 rings (SSSR count). The number of methoxy groups -OCH3 is 1. The van der Waals surface area contributed by atoms with Crippen molar-refractivity contribution in [1.29, 1.82) is 0 Å². The third kappa shape index (κ3) is 3.09. The Morgan fingerprint density at radius 1 is 1.11 bits per heavy atom. The highest BCUT2D eigenvalue weighted by molar-refractivity contribution is 6.32. The van der Waals surface area contributed by atoms with E-state index in [1.54, 1.807) is 7.11 Å². The summed E-state index contributed by atoms with van der Waals surface area (Å²) in [7, 11) is 3.58. The number of nitrogens with one attached hydrogen (secondary N) is 1. The molecule has 2 nitrogen and oxygen atoms in total. The third-order valence-electron chi connectivity index (χ3n) is 3.30. The van der Waals surface area contributed by atoms with Gasteiger partial charge in [-0.25, -0.2) is 0 Å². The van der Waals surface area contributed by atoms with Crippen molar-refractivity contribution in [2.45, 2.75) is 13.0 Å². The lowest BCUT2D eigenvalue weighted by Gasteiger charge is -2.12. The predicted octanol–water partition coefficient (Wildman–Crippen LogP) is 4.30. The van der Waals surface area contributed by atoms with Crippen LogP contribution in [0.3, 0.4) is 0 Å². The number of ether oxygens (including phenoxy) is 1. The molecule has 0 spiro atoms. The zero-order valence-corrected chi connectivity index (χ0v) is 12.2. The van der Waals surface area contributed by atoms with E-state index in [4.69, 9.17) is 16.3 Å². The summed E-state index contributed by atoms with van der Waals surface area (Å²) in [6.07, 6.45) is 0. The summed E-state index contributed by atoms with van der Waals surface area (Å²) in [6, 6.07) is 14.6. The van der Waals surface area contributed by atoms with Crippen molar-refractivity contribution in [3.8, 4) is 16.9 Å². The molecule has 1 unspecified atom stereocenters. The first-order valence-electron chi connectivity index (χ1n) is 6.27. The highest BCUT2D eigenvalue weighted by Gasteiger charge is 2.07. The molecule has 0 aliphatic carbocycles. The molecule has 1 N–H and O–H groups in total. The summed E-state index contributed by atoms with van der Waals surface area (Å²) in [5.74, 6) is 0.699. The van der Waals surface area contributed by atoms with Crippen molar-refractivity contribution >= 4 is 11.6 Å². The van der Waals surface area contributed by atoms with Gasteiger partial charge in [-0.05, 0) is 48.9 Å². The zero-order valence-electron chi connectivity index (χ0n) is 11.4. The Morgan fingerprint density at radius 2 is 1.84 bits per heavy atom. The van der Waals surface area contributed by atoms with Crippen LogP contribution in [0.5, 0.6) is 5.75 Å². The minimum atomic E-state index is 0.327. The second kappa shape index (κ2) is 6.09. The van der Waals surface area contributed by atoms with E-state index in [1.807, 2.05) is 25.2 Å². The number of hydrogen-bond acceptors (Lipinski definition) is 2. The average Bonchev–Trinajstić information content (AvgIpc) is 2.46. The van der Waals surface area contributed by atoms with Crippen LogP contribution >= 0.6 is 11.6 Å². The molecule has 0 radical (unpaired) electrons. The van der Waals surface area contributed by atoms with Crippen molar-refractivity contribution in [3.05, 3.63) is 53.1 Å². The maximum Gasteiger partial charge on any atom is 0.137 e. The van der Waals surface area contributed by atoms with Crippen LogP contribution in [0.4, 0.5) is 0 Å². The van der Waals surface area contributed by atoms with Crippen LogP contribution in [0.25, 0.3) is 11.1 Å². The Bertz CT molecular complexity index is 568. The third-order valence-corrected chi connectivity index (χ3v) is 3.60. The topological polar surface area (TPSA) is 21.3 Å². The Labute approximate surface area is 119 Å². The largest absolute Gasteiger partial charge is 0.495 e. The molecule has 19 heavy (non-hydrogen) atoms. The van der Waals surface area contributed by atoms with Crippen molar-refractivity contribution in [2.75, 3.05) is 14.2 Å². The van der Waals surface area contributed by atoms with E-state index >= 15 is 0 Å². The van der Waals surface area contributed by atoms with Crippen LogP contribution in [0.1, 0.15) is 18.5 Å². The minimum Gasteiger partial charge on any atom is -0.495 e. The van der Waals surface area contributed by atoms with Crippen LogP contribution in [0.2, 0.25) is 5.02 Å². The van der Waals surface area contributed by atoms with Gasteiger partial charge in [0, 0.05) is 6.04 Å². The first-order chi connectivity index (χ1) is 9.15. The van der Waals surface area contributed by atoms with Crippen LogP contribution in [0.15, 0.2) is 42.5 Å². The second-order valence-corrected chi connectivity index (χ2v) is 4.89. The van der Waals surface area contributed by atoms with E-state index in [9.17, 15) is 0 Å².